The normalized spacial score (nSPS) is 14.5. The van der Waals surface area contributed by atoms with Crippen molar-refractivity contribution in [3.63, 3.8) is 0 Å². The third-order valence-corrected chi connectivity index (χ3v) is 9.93. The molecule has 1 aliphatic heterocycles. The first-order valence-electron chi connectivity index (χ1n) is 17.3. The quantitative estimate of drug-likeness (QED) is 0.201. The Labute approximate surface area is 295 Å². The second-order valence-corrected chi connectivity index (χ2v) is 13.0. The number of fused-ring (bicyclic) bond motifs is 5. The third kappa shape index (κ3) is 5.08. The molecule has 1 N–H and O–H groups in total. The van der Waals surface area contributed by atoms with Crippen LogP contribution in [0.15, 0.2) is 190 Å². The monoisotopic (exact) mass is 653 g/mol. The van der Waals surface area contributed by atoms with E-state index in [-0.39, 0.29) is 6.17 Å². The van der Waals surface area contributed by atoms with Crippen molar-refractivity contribution in [3.8, 4) is 22.3 Å². The Morgan fingerprint density at radius 2 is 1.14 bits per heavy atom. The minimum absolute atomic E-state index is 0.323. The van der Waals surface area contributed by atoms with E-state index in [2.05, 4.69) is 151 Å². The molecule has 0 aliphatic carbocycles. The summed E-state index contributed by atoms with van der Waals surface area (Å²) in [6.45, 7) is 0. The zero-order chi connectivity index (χ0) is 33.7. The lowest BCUT2D eigenvalue weighted by atomic mass is 9.91. The average molecular weight is 654 g/mol. The first kappa shape index (κ1) is 29.2. The second kappa shape index (κ2) is 12.0. The van der Waals surface area contributed by atoms with E-state index >= 15 is 0 Å². The van der Waals surface area contributed by atoms with Crippen molar-refractivity contribution in [2.45, 2.75) is 6.17 Å². The zero-order valence-electron chi connectivity index (χ0n) is 27.6. The van der Waals surface area contributed by atoms with Crippen LogP contribution in [0.2, 0.25) is 0 Å². The van der Waals surface area contributed by atoms with Crippen molar-refractivity contribution in [3.05, 3.63) is 193 Å². The molecule has 9 aromatic rings. The summed E-state index contributed by atoms with van der Waals surface area (Å²) in [7, 11) is 0. The standard InChI is InChI=1S/C47H31N3O/c1-3-13-31(14-4-1)36-25-26-37(39-19-10-9-18-38(36)39)34-24-27-42-41(29-34)44-40(20-11-21-43(44)51-42)47-49-45(32-15-5-2-6-16-32)48-46(50-47)35-23-22-30-12-7-8-17-33(30)28-35/h1-29,46H,(H,48,49,50). The number of amidine groups is 2. The summed E-state index contributed by atoms with van der Waals surface area (Å²) in [6.07, 6.45) is -0.323. The summed E-state index contributed by atoms with van der Waals surface area (Å²) < 4.78 is 6.49. The lowest BCUT2D eigenvalue weighted by Crippen LogP contribution is -2.33. The number of aliphatic imine (C=N–C) groups is 2. The molecule has 2 heterocycles. The lowest BCUT2D eigenvalue weighted by molar-refractivity contribution is 0.668. The summed E-state index contributed by atoms with van der Waals surface area (Å²) in [5, 5.41) is 10.5. The summed E-state index contributed by atoms with van der Waals surface area (Å²) in [6, 6.07) is 61.7. The fourth-order valence-electron chi connectivity index (χ4n) is 7.46. The third-order valence-electron chi connectivity index (χ3n) is 9.93. The van der Waals surface area contributed by atoms with Gasteiger partial charge >= 0.3 is 0 Å². The molecule has 8 aromatic carbocycles. The lowest BCUT2D eigenvalue weighted by Gasteiger charge is -2.24. The number of furan rings is 1. The van der Waals surface area contributed by atoms with E-state index in [4.69, 9.17) is 14.4 Å². The second-order valence-electron chi connectivity index (χ2n) is 13.0. The molecule has 1 unspecified atom stereocenters. The highest BCUT2D eigenvalue weighted by Crippen LogP contribution is 2.39. The van der Waals surface area contributed by atoms with Gasteiger partial charge in [0.25, 0.3) is 0 Å². The van der Waals surface area contributed by atoms with E-state index in [0.717, 1.165) is 50.0 Å². The largest absolute Gasteiger partial charge is 0.456 e. The van der Waals surface area contributed by atoms with Gasteiger partial charge in [0.05, 0.1) is 0 Å². The van der Waals surface area contributed by atoms with Gasteiger partial charge in [0.1, 0.15) is 23.2 Å². The summed E-state index contributed by atoms with van der Waals surface area (Å²) in [5.41, 5.74) is 9.41. The van der Waals surface area contributed by atoms with Crippen LogP contribution in [0.25, 0.3) is 65.7 Å². The van der Waals surface area contributed by atoms with Crippen LogP contribution in [0.5, 0.6) is 0 Å². The minimum atomic E-state index is -0.323. The molecule has 0 spiro atoms. The fraction of sp³-hybridized carbons (Fsp3) is 0.0213. The van der Waals surface area contributed by atoms with Crippen molar-refractivity contribution in [1.82, 2.24) is 5.32 Å². The van der Waals surface area contributed by atoms with Crippen molar-refractivity contribution in [1.29, 1.82) is 0 Å². The van der Waals surface area contributed by atoms with Crippen molar-refractivity contribution >= 4 is 55.2 Å². The maximum atomic E-state index is 6.49. The Morgan fingerprint density at radius 3 is 1.92 bits per heavy atom. The average Bonchev–Trinajstić information content (AvgIpc) is 3.59. The van der Waals surface area contributed by atoms with E-state index in [1.165, 1.54) is 38.2 Å². The number of hydrogen-bond donors (Lipinski definition) is 1. The molecule has 1 aromatic heterocycles. The number of nitrogens with one attached hydrogen (secondary N) is 1. The van der Waals surface area contributed by atoms with Gasteiger partial charge in [-0.05, 0) is 73.6 Å². The zero-order valence-corrected chi connectivity index (χ0v) is 27.6. The first-order valence-corrected chi connectivity index (χ1v) is 17.3. The van der Waals surface area contributed by atoms with Gasteiger partial charge in [-0.2, -0.15) is 0 Å². The first-order chi connectivity index (χ1) is 25.3. The van der Waals surface area contributed by atoms with Crippen LogP contribution in [0, 0.1) is 0 Å². The summed E-state index contributed by atoms with van der Waals surface area (Å²) >= 11 is 0. The van der Waals surface area contributed by atoms with Gasteiger partial charge in [-0.15, -0.1) is 0 Å². The predicted octanol–water partition coefficient (Wildman–Crippen LogP) is 11.7. The van der Waals surface area contributed by atoms with Crippen LogP contribution in [0.1, 0.15) is 22.9 Å². The van der Waals surface area contributed by atoms with E-state index < -0.39 is 0 Å². The number of hydrogen-bond acceptors (Lipinski definition) is 4. The molecule has 0 radical (unpaired) electrons. The van der Waals surface area contributed by atoms with Gasteiger partial charge in [0, 0.05) is 21.9 Å². The SMILES string of the molecule is c1ccc(C2=NC(c3cccc4oc5ccc(-c6ccc(-c7ccccc7)c7ccccc67)cc5c34)=NC(c3ccc4ccccc4c3)N2)cc1. The molecular weight excluding hydrogens is 623 g/mol. The Bertz CT molecular complexity index is 2830. The fourth-order valence-corrected chi connectivity index (χ4v) is 7.46. The number of rotatable bonds is 5. The maximum absolute atomic E-state index is 6.49. The molecular formula is C47H31N3O. The van der Waals surface area contributed by atoms with Crippen LogP contribution in [-0.4, -0.2) is 11.7 Å². The van der Waals surface area contributed by atoms with Gasteiger partial charge in [0.15, 0.2) is 5.84 Å². The summed E-state index contributed by atoms with van der Waals surface area (Å²) in [4.78, 5) is 10.4. The van der Waals surface area contributed by atoms with Crippen LogP contribution in [0.4, 0.5) is 0 Å². The van der Waals surface area contributed by atoms with Gasteiger partial charge in [-0.1, -0.05) is 152 Å². The Balaban J connectivity index is 1.15. The molecule has 4 heteroatoms. The Morgan fingerprint density at radius 1 is 0.451 bits per heavy atom. The topological polar surface area (TPSA) is 49.9 Å². The molecule has 51 heavy (non-hydrogen) atoms. The van der Waals surface area contributed by atoms with Crippen molar-refractivity contribution in [2.75, 3.05) is 0 Å². The van der Waals surface area contributed by atoms with Gasteiger partial charge < -0.3 is 9.73 Å². The van der Waals surface area contributed by atoms with E-state index in [1.807, 2.05) is 30.3 Å². The van der Waals surface area contributed by atoms with E-state index in [0.29, 0.717) is 5.84 Å². The molecule has 10 rings (SSSR count). The molecule has 0 saturated carbocycles. The van der Waals surface area contributed by atoms with Crippen molar-refractivity contribution in [2.24, 2.45) is 9.98 Å². The van der Waals surface area contributed by atoms with Crippen molar-refractivity contribution < 1.29 is 4.42 Å². The molecule has 240 valence electrons. The summed E-state index contributed by atoms with van der Waals surface area (Å²) in [5.74, 6) is 1.45. The molecule has 0 bridgehead atoms. The van der Waals surface area contributed by atoms with E-state index in [1.54, 1.807) is 0 Å². The Hall–Kier alpha value is -6.78. The molecule has 4 nitrogen and oxygen atoms in total. The molecule has 0 saturated heterocycles. The number of benzene rings is 8. The minimum Gasteiger partial charge on any atom is -0.456 e. The highest BCUT2D eigenvalue weighted by atomic mass is 16.3. The van der Waals surface area contributed by atoms with Crippen LogP contribution >= 0.6 is 0 Å². The van der Waals surface area contributed by atoms with Gasteiger partial charge in [0.2, 0.25) is 0 Å². The highest BCUT2D eigenvalue weighted by Gasteiger charge is 2.24. The Kier molecular flexibility index (Phi) is 6.85. The van der Waals surface area contributed by atoms with Gasteiger partial charge in [-0.3, -0.25) is 0 Å². The molecule has 1 aliphatic rings. The molecule has 0 amide bonds. The van der Waals surface area contributed by atoms with Crippen LogP contribution in [0.3, 0.4) is 0 Å². The molecule has 1 atom stereocenters. The van der Waals surface area contributed by atoms with Gasteiger partial charge in [-0.25, -0.2) is 9.98 Å². The van der Waals surface area contributed by atoms with Crippen LogP contribution in [-0.2, 0) is 0 Å². The van der Waals surface area contributed by atoms with E-state index in [9.17, 15) is 0 Å². The maximum Gasteiger partial charge on any atom is 0.160 e. The smallest absolute Gasteiger partial charge is 0.160 e. The molecule has 0 fully saturated rings. The van der Waals surface area contributed by atoms with Crippen LogP contribution < -0.4 is 5.32 Å². The number of nitrogens with zero attached hydrogens (tertiary/aromatic N) is 2. The highest BCUT2D eigenvalue weighted by molar-refractivity contribution is 6.22. The predicted molar refractivity (Wildman–Crippen MR) is 211 cm³/mol.